The SMILES string of the molecule is CC(C)N1CCC(CC(=O)NCCS(=O)(=O)c2ccc(F)cc2)CC1. The molecule has 1 fully saturated rings. The largest absolute Gasteiger partial charge is 0.355 e. The lowest BCUT2D eigenvalue weighted by Gasteiger charge is -2.34. The van der Waals surface area contributed by atoms with E-state index < -0.39 is 15.7 Å². The van der Waals surface area contributed by atoms with Crippen molar-refractivity contribution in [2.24, 2.45) is 5.92 Å². The monoisotopic (exact) mass is 370 g/mol. The number of likely N-dealkylation sites (tertiary alicyclic amines) is 1. The molecule has 0 atom stereocenters. The molecule has 1 aromatic rings. The maximum absolute atomic E-state index is 12.9. The van der Waals surface area contributed by atoms with Gasteiger partial charge >= 0.3 is 0 Å². The van der Waals surface area contributed by atoms with E-state index in [9.17, 15) is 17.6 Å². The molecule has 1 aliphatic rings. The topological polar surface area (TPSA) is 66.5 Å². The summed E-state index contributed by atoms with van der Waals surface area (Å²) < 4.78 is 37.1. The van der Waals surface area contributed by atoms with Gasteiger partial charge in [-0.3, -0.25) is 4.79 Å². The van der Waals surface area contributed by atoms with E-state index >= 15 is 0 Å². The van der Waals surface area contributed by atoms with Gasteiger partial charge in [0.05, 0.1) is 10.6 Å². The van der Waals surface area contributed by atoms with Crippen molar-refractivity contribution in [2.45, 2.75) is 44.0 Å². The van der Waals surface area contributed by atoms with Crippen molar-refractivity contribution in [3.05, 3.63) is 30.1 Å². The van der Waals surface area contributed by atoms with Gasteiger partial charge in [-0.15, -0.1) is 0 Å². The van der Waals surface area contributed by atoms with Crippen LogP contribution in [-0.4, -0.2) is 50.7 Å². The number of benzene rings is 1. The number of rotatable bonds is 7. The van der Waals surface area contributed by atoms with E-state index in [2.05, 4.69) is 24.1 Å². The minimum Gasteiger partial charge on any atom is -0.355 e. The van der Waals surface area contributed by atoms with Crippen molar-refractivity contribution in [1.82, 2.24) is 10.2 Å². The van der Waals surface area contributed by atoms with Crippen molar-refractivity contribution < 1.29 is 17.6 Å². The summed E-state index contributed by atoms with van der Waals surface area (Å²) in [4.78, 5) is 14.5. The van der Waals surface area contributed by atoms with E-state index in [-0.39, 0.29) is 23.1 Å². The average Bonchev–Trinajstić information content (AvgIpc) is 2.55. The molecule has 25 heavy (non-hydrogen) atoms. The number of hydrogen-bond acceptors (Lipinski definition) is 4. The zero-order valence-corrected chi connectivity index (χ0v) is 15.7. The summed E-state index contributed by atoms with van der Waals surface area (Å²) in [6.07, 6.45) is 2.45. The normalized spacial score (nSPS) is 17.0. The van der Waals surface area contributed by atoms with E-state index in [1.807, 2.05) is 0 Å². The number of carbonyl (C=O) groups is 1. The van der Waals surface area contributed by atoms with Crippen LogP contribution in [0, 0.1) is 11.7 Å². The third-order valence-electron chi connectivity index (χ3n) is 4.72. The summed E-state index contributed by atoms with van der Waals surface area (Å²) >= 11 is 0. The number of nitrogens with one attached hydrogen (secondary N) is 1. The lowest BCUT2D eigenvalue weighted by molar-refractivity contribution is -0.122. The van der Waals surface area contributed by atoms with Gasteiger partial charge in [-0.25, -0.2) is 12.8 Å². The van der Waals surface area contributed by atoms with Gasteiger partial charge < -0.3 is 10.2 Å². The molecule has 7 heteroatoms. The molecule has 0 spiro atoms. The highest BCUT2D eigenvalue weighted by Crippen LogP contribution is 2.21. The number of sulfone groups is 1. The Labute approximate surface area is 149 Å². The summed E-state index contributed by atoms with van der Waals surface area (Å²) in [6, 6.07) is 5.26. The van der Waals surface area contributed by atoms with Crippen LogP contribution in [0.5, 0.6) is 0 Å². The van der Waals surface area contributed by atoms with Crippen LogP contribution in [0.2, 0.25) is 0 Å². The first-order valence-electron chi connectivity index (χ1n) is 8.77. The van der Waals surface area contributed by atoms with Gasteiger partial charge in [-0.2, -0.15) is 0 Å². The fraction of sp³-hybridized carbons (Fsp3) is 0.611. The van der Waals surface area contributed by atoms with Crippen molar-refractivity contribution in [1.29, 1.82) is 0 Å². The highest BCUT2D eigenvalue weighted by atomic mass is 32.2. The maximum Gasteiger partial charge on any atom is 0.220 e. The molecule has 1 saturated heterocycles. The molecule has 1 aromatic carbocycles. The van der Waals surface area contributed by atoms with Crippen molar-refractivity contribution in [3.8, 4) is 0 Å². The van der Waals surface area contributed by atoms with Gasteiger partial charge in [0.1, 0.15) is 5.82 Å². The second kappa shape index (κ2) is 8.76. The minimum atomic E-state index is -3.51. The molecule has 1 amide bonds. The summed E-state index contributed by atoms with van der Waals surface area (Å²) in [5.74, 6) is -0.396. The molecule has 5 nitrogen and oxygen atoms in total. The Bertz CT molecular complexity index is 666. The van der Waals surface area contributed by atoms with Crippen LogP contribution >= 0.6 is 0 Å². The maximum atomic E-state index is 12.9. The smallest absolute Gasteiger partial charge is 0.220 e. The van der Waals surface area contributed by atoms with Crippen LogP contribution in [0.4, 0.5) is 4.39 Å². The van der Waals surface area contributed by atoms with Gasteiger partial charge in [0.15, 0.2) is 9.84 Å². The van der Waals surface area contributed by atoms with Gasteiger partial charge in [-0.05, 0) is 70.0 Å². The molecule has 0 unspecified atom stereocenters. The molecule has 0 aromatic heterocycles. The van der Waals surface area contributed by atoms with Crippen LogP contribution in [0.1, 0.15) is 33.1 Å². The highest BCUT2D eigenvalue weighted by molar-refractivity contribution is 7.91. The van der Waals surface area contributed by atoms with E-state index in [1.165, 1.54) is 12.1 Å². The summed E-state index contributed by atoms with van der Waals surface area (Å²) in [6.45, 7) is 6.44. The number of halogens is 1. The lowest BCUT2D eigenvalue weighted by atomic mass is 9.92. The standard InChI is InChI=1S/C18H27FN2O3S/c1-14(2)21-10-7-15(8-11-21)13-18(22)20-9-12-25(23,24)17-5-3-16(19)4-6-17/h3-6,14-15H,7-13H2,1-2H3,(H,20,22). The van der Waals surface area contributed by atoms with Crippen LogP contribution in [-0.2, 0) is 14.6 Å². The third-order valence-corrected chi connectivity index (χ3v) is 6.45. The molecule has 0 aliphatic carbocycles. The zero-order chi connectivity index (χ0) is 18.4. The Morgan fingerprint density at radius 2 is 1.84 bits per heavy atom. The van der Waals surface area contributed by atoms with E-state index in [4.69, 9.17) is 0 Å². The first-order chi connectivity index (χ1) is 11.8. The van der Waals surface area contributed by atoms with Crippen LogP contribution < -0.4 is 5.32 Å². The fourth-order valence-electron chi connectivity index (χ4n) is 3.09. The predicted octanol–water partition coefficient (Wildman–Crippen LogP) is 2.23. The van der Waals surface area contributed by atoms with E-state index in [1.54, 1.807) is 0 Å². The van der Waals surface area contributed by atoms with Gasteiger partial charge in [0, 0.05) is 19.0 Å². The van der Waals surface area contributed by atoms with Crippen LogP contribution in [0.3, 0.4) is 0 Å². The molecule has 1 heterocycles. The second-order valence-corrected chi connectivity index (χ2v) is 9.01. The summed E-state index contributed by atoms with van der Waals surface area (Å²) in [5, 5.41) is 2.70. The quantitative estimate of drug-likeness (QED) is 0.748. The molecular weight excluding hydrogens is 343 g/mol. The van der Waals surface area contributed by atoms with Gasteiger partial charge in [-0.1, -0.05) is 0 Å². The number of piperidine rings is 1. The highest BCUT2D eigenvalue weighted by Gasteiger charge is 2.23. The Kier molecular flexibility index (Phi) is 6.95. The molecule has 1 aliphatic heterocycles. The number of hydrogen-bond donors (Lipinski definition) is 1. The Hall–Kier alpha value is -1.47. The Morgan fingerprint density at radius 1 is 1.24 bits per heavy atom. The number of carbonyl (C=O) groups excluding carboxylic acids is 1. The van der Waals surface area contributed by atoms with E-state index in [0.29, 0.717) is 18.4 Å². The lowest BCUT2D eigenvalue weighted by Crippen LogP contribution is -2.40. The Morgan fingerprint density at radius 3 is 2.40 bits per heavy atom. The molecule has 2 rings (SSSR count). The molecule has 0 bridgehead atoms. The number of nitrogens with zero attached hydrogens (tertiary/aromatic N) is 1. The Balaban J connectivity index is 1.72. The molecular formula is C18H27FN2O3S. The van der Waals surface area contributed by atoms with Crippen molar-refractivity contribution >= 4 is 15.7 Å². The molecule has 140 valence electrons. The molecule has 0 saturated carbocycles. The number of amides is 1. The van der Waals surface area contributed by atoms with E-state index in [0.717, 1.165) is 38.1 Å². The average molecular weight is 370 g/mol. The second-order valence-electron chi connectivity index (χ2n) is 6.90. The van der Waals surface area contributed by atoms with Crippen molar-refractivity contribution in [2.75, 3.05) is 25.4 Å². The summed E-state index contributed by atoms with van der Waals surface area (Å²) in [5.41, 5.74) is 0. The van der Waals surface area contributed by atoms with Gasteiger partial charge in [0.25, 0.3) is 0 Å². The fourth-order valence-corrected chi connectivity index (χ4v) is 4.25. The molecule has 1 N–H and O–H groups in total. The first-order valence-corrected chi connectivity index (χ1v) is 10.4. The van der Waals surface area contributed by atoms with Crippen LogP contribution in [0.25, 0.3) is 0 Å². The molecule has 0 radical (unpaired) electrons. The minimum absolute atomic E-state index is 0.0728. The van der Waals surface area contributed by atoms with Crippen LogP contribution in [0.15, 0.2) is 29.2 Å². The first kappa shape index (κ1) is 19.8. The van der Waals surface area contributed by atoms with Crippen molar-refractivity contribution in [3.63, 3.8) is 0 Å². The predicted molar refractivity (Wildman–Crippen MR) is 95.5 cm³/mol. The third kappa shape index (κ3) is 6.08. The zero-order valence-electron chi connectivity index (χ0n) is 14.9. The van der Waals surface area contributed by atoms with Gasteiger partial charge in [0.2, 0.25) is 5.91 Å². The summed E-state index contributed by atoms with van der Waals surface area (Å²) in [7, 11) is -3.51.